The zero-order valence-electron chi connectivity index (χ0n) is 23.1. The maximum Gasteiger partial charge on any atom is 0.330 e. The highest BCUT2D eigenvalue weighted by Gasteiger charge is 2.37. The van der Waals surface area contributed by atoms with Gasteiger partial charge in [-0.15, -0.1) is 10.2 Å². The van der Waals surface area contributed by atoms with Crippen molar-refractivity contribution < 1.29 is 4.74 Å². The number of benzene rings is 2. The normalized spacial score (nSPS) is 20.6. The van der Waals surface area contributed by atoms with Crippen molar-refractivity contribution in [1.29, 1.82) is 0 Å². The van der Waals surface area contributed by atoms with Crippen molar-refractivity contribution in [2.45, 2.75) is 45.2 Å². The molecule has 0 aliphatic carbocycles. The molecule has 4 aromatic rings. The Morgan fingerprint density at radius 1 is 0.974 bits per heavy atom. The van der Waals surface area contributed by atoms with Crippen LogP contribution in [0.5, 0.6) is 0 Å². The number of anilines is 1. The van der Waals surface area contributed by atoms with E-state index in [0.29, 0.717) is 24.9 Å². The summed E-state index contributed by atoms with van der Waals surface area (Å²) in [6.45, 7) is 7.80. The molecule has 1 unspecified atom stereocenters. The highest BCUT2D eigenvalue weighted by Crippen LogP contribution is 2.39. The standard InChI is InChI=1S/C30H38N6O2/c1-30(2)19-38-17-14-26(30)36-27-24-18-21(8-11-25(24)31-32-28(27)34(5)29(36)37)20-6-9-23(10-7-20)35-15-12-22(13-16-35)33(3)4/h6-11,18,22,26H,12-17,19H2,1-5H3. The summed E-state index contributed by atoms with van der Waals surface area (Å²) in [6, 6.07) is 15.9. The Hall–Kier alpha value is -3.23. The van der Waals surface area contributed by atoms with Gasteiger partial charge in [0.25, 0.3) is 0 Å². The van der Waals surface area contributed by atoms with Crippen molar-refractivity contribution in [3.63, 3.8) is 0 Å². The van der Waals surface area contributed by atoms with Gasteiger partial charge in [0.05, 0.1) is 12.1 Å². The lowest BCUT2D eigenvalue weighted by atomic mass is 9.81. The summed E-state index contributed by atoms with van der Waals surface area (Å²) in [5.74, 6) is 0. The van der Waals surface area contributed by atoms with Crippen molar-refractivity contribution in [1.82, 2.24) is 24.2 Å². The van der Waals surface area contributed by atoms with Gasteiger partial charge >= 0.3 is 5.69 Å². The Morgan fingerprint density at radius 2 is 1.68 bits per heavy atom. The molecule has 2 aliphatic rings. The van der Waals surface area contributed by atoms with E-state index in [1.807, 2.05) is 10.6 Å². The van der Waals surface area contributed by atoms with Crippen molar-refractivity contribution in [2.24, 2.45) is 12.5 Å². The summed E-state index contributed by atoms with van der Waals surface area (Å²) in [5.41, 5.74) is 5.61. The molecule has 200 valence electrons. The van der Waals surface area contributed by atoms with E-state index in [1.54, 1.807) is 11.6 Å². The molecule has 0 amide bonds. The molecule has 0 radical (unpaired) electrons. The molecular formula is C30H38N6O2. The first-order valence-corrected chi connectivity index (χ1v) is 13.7. The first kappa shape index (κ1) is 25.1. The molecule has 2 aromatic carbocycles. The lowest BCUT2D eigenvalue weighted by Crippen LogP contribution is -2.41. The van der Waals surface area contributed by atoms with Crippen LogP contribution in [-0.2, 0) is 11.8 Å². The molecule has 2 aromatic heterocycles. The number of imidazole rings is 1. The molecule has 8 nitrogen and oxygen atoms in total. The molecular weight excluding hydrogens is 476 g/mol. The molecule has 38 heavy (non-hydrogen) atoms. The maximum absolute atomic E-state index is 13.5. The average molecular weight is 515 g/mol. The molecule has 4 heterocycles. The van der Waals surface area contributed by atoms with Crippen molar-refractivity contribution in [2.75, 3.05) is 45.3 Å². The van der Waals surface area contributed by atoms with Gasteiger partial charge in [0.2, 0.25) is 0 Å². The molecule has 0 bridgehead atoms. The first-order valence-electron chi connectivity index (χ1n) is 13.7. The van der Waals surface area contributed by atoms with Crippen LogP contribution >= 0.6 is 0 Å². The largest absolute Gasteiger partial charge is 0.381 e. The number of ether oxygens (including phenoxy) is 1. The second-order valence-electron chi connectivity index (χ2n) is 11.9. The predicted molar refractivity (Wildman–Crippen MR) is 153 cm³/mol. The van der Waals surface area contributed by atoms with Gasteiger partial charge in [0.1, 0.15) is 5.52 Å². The molecule has 6 rings (SSSR count). The highest BCUT2D eigenvalue weighted by atomic mass is 16.5. The van der Waals surface area contributed by atoms with E-state index < -0.39 is 0 Å². The van der Waals surface area contributed by atoms with Crippen LogP contribution in [0.3, 0.4) is 0 Å². The topological polar surface area (TPSA) is 68.4 Å². The molecule has 1 atom stereocenters. The number of hydrogen-bond donors (Lipinski definition) is 0. The van der Waals surface area contributed by atoms with Crippen LogP contribution in [0.4, 0.5) is 5.69 Å². The van der Waals surface area contributed by atoms with Gasteiger partial charge in [0, 0.05) is 55.3 Å². The second-order valence-corrected chi connectivity index (χ2v) is 11.9. The van der Waals surface area contributed by atoms with Crippen LogP contribution in [0.25, 0.3) is 33.2 Å². The average Bonchev–Trinajstić information content (AvgIpc) is 3.18. The minimum atomic E-state index is -0.166. The molecule has 0 saturated carbocycles. The van der Waals surface area contributed by atoms with Crippen LogP contribution < -0.4 is 10.6 Å². The van der Waals surface area contributed by atoms with Crippen molar-refractivity contribution in [3.8, 4) is 11.1 Å². The van der Waals surface area contributed by atoms with Crippen molar-refractivity contribution in [3.05, 3.63) is 52.9 Å². The lowest BCUT2D eigenvalue weighted by molar-refractivity contribution is -0.0253. The van der Waals surface area contributed by atoms with E-state index in [0.717, 1.165) is 47.1 Å². The molecule has 2 aliphatic heterocycles. The minimum absolute atomic E-state index is 0.0272. The van der Waals surface area contributed by atoms with Crippen LogP contribution in [0.15, 0.2) is 47.3 Å². The van der Waals surface area contributed by atoms with E-state index in [-0.39, 0.29) is 17.1 Å². The maximum atomic E-state index is 13.5. The predicted octanol–water partition coefficient (Wildman–Crippen LogP) is 4.47. The highest BCUT2D eigenvalue weighted by molar-refractivity contribution is 6.02. The summed E-state index contributed by atoms with van der Waals surface area (Å²) < 4.78 is 9.36. The summed E-state index contributed by atoms with van der Waals surface area (Å²) in [7, 11) is 6.15. The van der Waals surface area contributed by atoms with Gasteiger partial charge in [-0.05, 0) is 68.8 Å². The van der Waals surface area contributed by atoms with Gasteiger partial charge < -0.3 is 14.5 Å². The molecule has 8 heteroatoms. The van der Waals surface area contributed by atoms with Crippen LogP contribution in [0.1, 0.15) is 39.2 Å². The third kappa shape index (κ3) is 4.20. The number of fused-ring (bicyclic) bond motifs is 3. The smallest absolute Gasteiger partial charge is 0.330 e. The summed E-state index contributed by atoms with van der Waals surface area (Å²) >= 11 is 0. The molecule has 0 N–H and O–H groups in total. The zero-order chi connectivity index (χ0) is 26.6. The third-order valence-electron chi connectivity index (χ3n) is 8.75. The lowest BCUT2D eigenvalue weighted by Gasteiger charge is -2.38. The van der Waals surface area contributed by atoms with E-state index in [1.165, 1.54) is 18.5 Å². The van der Waals surface area contributed by atoms with Gasteiger partial charge in [-0.3, -0.25) is 9.13 Å². The number of rotatable bonds is 4. The number of nitrogens with zero attached hydrogens (tertiary/aromatic N) is 6. The van der Waals surface area contributed by atoms with Gasteiger partial charge in [-0.1, -0.05) is 32.0 Å². The van der Waals surface area contributed by atoms with Crippen LogP contribution in [0.2, 0.25) is 0 Å². The third-order valence-corrected chi connectivity index (χ3v) is 8.75. The number of aromatic nitrogens is 4. The van der Waals surface area contributed by atoms with Crippen LogP contribution in [0, 0.1) is 5.41 Å². The minimum Gasteiger partial charge on any atom is -0.381 e. The van der Waals surface area contributed by atoms with Crippen LogP contribution in [-0.4, -0.2) is 70.7 Å². The van der Waals surface area contributed by atoms with Gasteiger partial charge in [0.15, 0.2) is 5.65 Å². The van der Waals surface area contributed by atoms with E-state index in [2.05, 4.69) is 84.3 Å². The SMILES string of the molecule is CN(C)C1CCN(c2ccc(-c3ccc4nnc5c(c4c3)n(C3CCOCC3(C)C)c(=O)n5C)cc2)CC1. The fourth-order valence-electron chi connectivity index (χ4n) is 6.36. The van der Waals surface area contributed by atoms with Gasteiger partial charge in [-0.25, -0.2) is 4.79 Å². The quantitative estimate of drug-likeness (QED) is 0.400. The number of aryl methyl sites for hydroxylation is 1. The van der Waals surface area contributed by atoms with E-state index >= 15 is 0 Å². The Kier molecular flexibility index (Phi) is 6.27. The Balaban J connectivity index is 1.39. The summed E-state index contributed by atoms with van der Waals surface area (Å²) in [6.07, 6.45) is 3.18. The number of piperidine rings is 1. The van der Waals surface area contributed by atoms with E-state index in [4.69, 9.17) is 4.74 Å². The summed E-state index contributed by atoms with van der Waals surface area (Å²) in [5, 5.41) is 9.90. The number of hydrogen-bond acceptors (Lipinski definition) is 6. The molecule has 2 fully saturated rings. The Bertz CT molecular complexity index is 1530. The fourth-order valence-corrected chi connectivity index (χ4v) is 6.36. The molecule has 2 saturated heterocycles. The summed E-state index contributed by atoms with van der Waals surface area (Å²) in [4.78, 5) is 18.4. The van der Waals surface area contributed by atoms with Crippen molar-refractivity contribution >= 4 is 27.8 Å². The zero-order valence-corrected chi connectivity index (χ0v) is 23.1. The fraction of sp³-hybridized carbons (Fsp3) is 0.500. The molecule has 0 spiro atoms. The monoisotopic (exact) mass is 514 g/mol. The Morgan fingerprint density at radius 3 is 2.37 bits per heavy atom. The Labute approximate surface area is 223 Å². The first-order chi connectivity index (χ1) is 18.2. The van der Waals surface area contributed by atoms with E-state index in [9.17, 15) is 4.79 Å². The second kappa shape index (κ2) is 9.50. The van der Waals surface area contributed by atoms with Gasteiger partial charge in [-0.2, -0.15) is 0 Å².